The first-order valence-corrected chi connectivity index (χ1v) is 3.63. The number of carbonyl (C=O) groups excluding carboxylic acids is 2. The van der Waals surface area contributed by atoms with E-state index in [0.29, 0.717) is 0 Å². The summed E-state index contributed by atoms with van der Waals surface area (Å²) in [6, 6.07) is 0. The Bertz CT molecular complexity index is 262. The molecule has 0 aromatic carbocycles. The predicted molar refractivity (Wildman–Crippen MR) is 39.4 cm³/mol. The quantitative estimate of drug-likeness (QED) is 0.431. The van der Waals surface area contributed by atoms with Crippen LogP contribution in [-0.2, 0) is 19.1 Å². The summed E-state index contributed by atoms with van der Waals surface area (Å²) < 4.78 is 8.40. The molecule has 1 rings (SSSR count). The van der Waals surface area contributed by atoms with Gasteiger partial charge in [-0.1, -0.05) is 0 Å². The molecule has 0 amide bonds. The van der Waals surface area contributed by atoms with Crippen LogP contribution in [0.3, 0.4) is 0 Å². The molecular weight excluding hydrogens is 196 g/mol. The second kappa shape index (κ2) is 3.74. The summed E-state index contributed by atoms with van der Waals surface area (Å²) in [6.07, 6.45) is -0.468. The van der Waals surface area contributed by atoms with Gasteiger partial charge in [-0.15, -0.1) is 0 Å². The fraction of sp³-hybridized carbons (Fsp3) is 0.429. The number of aliphatic hydroxyl groups is 3. The lowest BCUT2D eigenvalue weighted by Gasteiger charge is -2.27. The van der Waals surface area contributed by atoms with Crippen LogP contribution in [0.25, 0.3) is 0 Å². The number of ether oxygens (including phenoxy) is 2. The lowest BCUT2D eigenvalue weighted by molar-refractivity contribution is -0.359. The van der Waals surface area contributed by atoms with Gasteiger partial charge in [0.2, 0.25) is 0 Å². The highest BCUT2D eigenvalue weighted by Crippen LogP contribution is 2.18. The van der Waals surface area contributed by atoms with Crippen LogP contribution in [-0.4, -0.2) is 45.9 Å². The summed E-state index contributed by atoms with van der Waals surface area (Å²) >= 11 is 0. The van der Waals surface area contributed by atoms with Gasteiger partial charge in [0.05, 0.1) is 6.61 Å². The Kier molecular flexibility index (Phi) is 2.84. The van der Waals surface area contributed by atoms with Crippen LogP contribution in [0.2, 0.25) is 0 Å². The molecule has 1 aliphatic rings. The van der Waals surface area contributed by atoms with E-state index in [4.69, 9.17) is 10.2 Å². The van der Waals surface area contributed by atoms with Crippen molar-refractivity contribution in [2.75, 3.05) is 6.61 Å². The zero-order chi connectivity index (χ0) is 10.8. The van der Waals surface area contributed by atoms with Crippen molar-refractivity contribution in [1.29, 1.82) is 0 Å². The maximum absolute atomic E-state index is 10.8. The molecule has 1 aliphatic heterocycles. The summed E-state index contributed by atoms with van der Waals surface area (Å²) in [4.78, 5) is 21.5. The molecule has 78 valence electrons. The highest BCUT2D eigenvalue weighted by molar-refractivity contribution is 5.93. The first-order valence-electron chi connectivity index (χ1n) is 3.63. The third-order valence-corrected chi connectivity index (χ3v) is 1.44. The molecule has 0 fully saturated rings. The summed E-state index contributed by atoms with van der Waals surface area (Å²) in [6.45, 7) is -0.933. The van der Waals surface area contributed by atoms with Gasteiger partial charge in [-0.05, 0) is 0 Å². The second-order valence-corrected chi connectivity index (χ2v) is 2.50. The Labute approximate surface area is 78.2 Å². The van der Waals surface area contributed by atoms with Gasteiger partial charge in [0.25, 0.3) is 0 Å². The van der Waals surface area contributed by atoms with Gasteiger partial charge in [-0.2, -0.15) is 0 Å². The fourth-order valence-electron chi connectivity index (χ4n) is 0.765. The fourth-order valence-corrected chi connectivity index (χ4v) is 0.765. The van der Waals surface area contributed by atoms with Crippen LogP contribution in [0, 0.1) is 0 Å². The van der Waals surface area contributed by atoms with Crippen molar-refractivity contribution in [3.63, 3.8) is 0 Å². The number of rotatable bonds is 2. The zero-order valence-electron chi connectivity index (χ0n) is 6.91. The highest BCUT2D eigenvalue weighted by Gasteiger charge is 2.45. The second-order valence-electron chi connectivity index (χ2n) is 2.50. The number of esters is 2. The van der Waals surface area contributed by atoms with E-state index >= 15 is 0 Å². The largest absolute Gasteiger partial charge is 0.403 e. The molecule has 0 aromatic heterocycles. The van der Waals surface area contributed by atoms with Gasteiger partial charge < -0.3 is 24.8 Å². The number of cyclic esters (lactones) is 2. The summed E-state index contributed by atoms with van der Waals surface area (Å²) in [5.74, 6) is -4.97. The Balaban J connectivity index is 2.89. The normalized spacial score (nSPS) is 22.2. The summed E-state index contributed by atoms with van der Waals surface area (Å²) in [5, 5.41) is 26.8. The molecule has 1 heterocycles. The van der Waals surface area contributed by atoms with Gasteiger partial charge in [-0.25, -0.2) is 9.59 Å². The van der Waals surface area contributed by atoms with Crippen molar-refractivity contribution in [1.82, 2.24) is 0 Å². The van der Waals surface area contributed by atoms with Crippen LogP contribution in [0.1, 0.15) is 0 Å². The van der Waals surface area contributed by atoms with Crippen LogP contribution in [0.5, 0.6) is 0 Å². The maximum atomic E-state index is 10.8. The average molecular weight is 204 g/mol. The molecule has 0 radical (unpaired) electrons. The summed E-state index contributed by atoms with van der Waals surface area (Å²) in [5.41, 5.74) is 0. The topological polar surface area (TPSA) is 113 Å². The average Bonchev–Trinajstić information content (AvgIpc) is 2.24. The Morgan fingerprint density at radius 2 is 1.71 bits per heavy atom. The van der Waals surface area contributed by atoms with Crippen molar-refractivity contribution in [3.8, 4) is 0 Å². The third-order valence-electron chi connectivity index (χ3n) is 1.44. The van der Waals surface area contributed by atoms with Crippen LogP contribution in [0.15, 0.2) is 12.2 Å². The van der Waals surface area contributed by atoms with Gasteiger partial charge in [0.1, 0.15) is 0 Å². The molecule has 0 bridgehead atoms. The Hall–Kier alpha value is -1.44. The van der Waals surface area contributed by atoms with E-state index in [9.17, 15) is 14.7 Å². The van der Waals surface area contributed by atoms with Crippen LogP contribution in [0.4, 0.5) is 0 Å². The molecule has 7 nitrogen and oxygen atoms in total. The molecule has 0 saturated heterocycles. The monoisotopic (exact) mass is 204 g/mol. The molecule has 0 aliphatic carbocycles. The minimum absolute atomic E-state index is 0.727. The van der Waals surface area contributed by atoms with Gasteiger partial charge in [0, 0.05) is 12.2 Å². The van der Waals surface area contributed by atoms with Crippen molar-refractivity contribution in [2.45, 2.75) is 12.1 Å². The zero-order valence-corrected chi connectivity index (χ0v) is 6.91. The van der Waals surface area contributed by atoms with E-state index in [-0.39, 0.29) is 0 Å². The minimum atomic E-state index is -2.84. The van der Waals surface area contributed by atoms with E-state index in [1.165, 1.54) is 0 Å². The predicted octanol–water partition coefficient (Wildman–Crippen LogP) is -2.36. The van der Waals surface area contributed by atoms with Gasteiger partial charge in [0.15, 0.2) is 6.10 Å². The number of aliphatic hydroxyl groups excluding tert-OH is 2. The molecule has 1 unspecified atom stereocenters. The molecule has 0 spiro atoms. The van der Waals surface area contributed by atoms with Crippen molar-refractivity contribution in [3.05, 3.63) is 12.2 Å². The van der Waals surface area contributed by atoms with E-state index in [1.54, 1.807) is 0 Å². The molecule has 0 aromatic rings. The number of carbonyl (C=O) groups is 2. The van der Waals surface area contributed by atoms with Crippen molar-refractivity contribution < 1.29 is 34.4 Å². The molecule has 7 heteroatoms. The van der Waals surface area contributed by atoms with E-state index in [1.807, 2.05) is 0 Å². The maximum Gasteiger partial charge on any atom is 0.403 e. The van der Waals surface area contributed by atoms with Crippen molar-refractivity contribution >= 4 is 11.9 Å². The SMILES string of the molecule is O=C1C=CC(=O)OC(O)(C(O)CO)O1. The van der Waals surface area contributed by atoms with E-state index < -0.39 is 30.6 Å². The van der Waals surface area contributed by atoms with E-state index in [0.717, 1.165) is 12.2 Å². The standard InChI is InChI=1S/C7H8O7/c8-3-4(9)7(12)13-5(10)1-2-6(11)14-7/h1-2,4,8-9,12H,3H2. The number of hydrogen-bond acceptors (Lipinski definition) is 7. The number of hydrogen-bond donors (Lipinski definition) is 3. The summed E-state index contributed by atoms with van der Waals surface area (Å²) in [7, 11) is 0. The third kappa shape index (κ3) is 2.08. The van der Waals surface area contributed by atoms with Crippen LogP contribution >= 0.6 is 0 Å². The molecule has 14 heavy (non-hydrogen) atoms. The first kappa shape index (κ1) is 10.6. The molecule has 1 atom stereocenters. The molecule has 0 saturated carbocycles. The lowest BCUT2D eigenvalue weighted by Crippen LogP contribution is -2.50. The molecular formula is C7H8O7. The van der Waals surface area contributed by atoms with Gasteiger partial charge >= 0.3 is 17.9 Å². The Morgan fingerprint density at radius 1 is 1.29 bits per heavy atom. The Morgan fingerprint density at radius 3 is 2.07 bits per heavy atom. The van der Waals surface area contributed by atoms with E-state index in [2.05, 4.69) is 9.47 Å². The lowest BCUT2D eigenvalue weighted by atomic mass is 10.3. The van der Waals surface area contributed by atoms with Crippen LogP contribution < -0.4 is 0 Å². The smallest absolute Gasteiger partial charge is 0.393 e. The highest BCUT2D eigenvalue weighted by atomic mass is 16.8. The van der Waals surface area contributed by atoms with Crippen molar-refractivity contribution in [2.24, 2.45) is 0 Å². The van der Waals surface area contributed by atoms with Gasteiger partial charge in [-0.3, -0.25) is 0 Å². The first-order chi connectivity index (χ1) is 6.48. The molecule has 3 N–H and O–H groups in total. The minimum Gasteiger partial charge on any atom is -0.393 e.